The van der Waals surface area contributed by atoms with Gasteiger partial charge in [-0.1, -0.05) is 36.3 Å². The van der Waals surface area contributed by atoms with Crippen LogP contribution in [0.2, 0.25) is 0 Å². The number of benzene rings is 1. The Hall–Kier alpha value is -2.75. The van der Waals surface area contributed by atoms with Crippen molar-refractivity contribution in [3.63, 3.8) is 0 Å². The van der Waals surface area contributed by atoms with Gasteiger partial charge in [-0.25, -0.2) is 5.06 Å². The molecule has 1 aromatic heterocycles. The second kappa shape index (κ2) is 8.09. The Kier molecular flexibility index (Phi) is 6.09. The number of hydrogen-bond acceptors (Lipinski definition) is 6. The number of ketones is 1. The Bertz CT molecular complexity index is 772. The molecule has 2 rings (SSSR count). The van der Waals surface area contributed by atoms with E-state index in [-0.39, 0.29) is 25.4 Å². The van der Waals surface area contributed by atoms with E-state index in [0.29, 0.717) is 11.1 Å². The predicted molar refractivity (Wildman–Crippen MR) is 82.2 cm³/mol. The quantitative estimate of drug-likeness (QED) is 0.549. The van der Waals surface area contributed by atoms with Crippen molar-refractivity contribution in [2.24, 2.45) is 0 Å². The summed E-state index contributed by atoms with van der Waals surface area (Å²) in [6.45, 7) is 3.45. The number of hydroxylamine groups is 2. The highest BCUT2D eigenvalue weighted by molar-refractivity contribution is 6.35. The fraction of sp³-hybridized carbons (Fsp3) is 0.375. The van der Waals surface area contributed by atoms with Crippen LogP contribution in [-0.2, 0) is 27.1 Å². The number of Topliss-reactive ketones (excluding diaryl/α,β-unsaturated/α-hetero) is 1. The Labute approximate surface area is 146 Å². The Balaban J connectivity index is 2.14. The predicted octanol–water partition coefficient (Wildman–Crippen LogP) is 3.01. The van der Waals surface area contributed by atoms with E-state index in [1.165, 1.54) is 12.1 Å². The molecule has 0 spiro atoms. The van der Waals surface area contributed by atoms with Crippen LogP contribution >= 0.6 is 0 Å². The van der Waals surface area contributed by atoms with Gasteiger partial charge in [0.1, 0.15) is 0 Å². The lowest BCUT2D eigenvalue weighted by atomic mass is 10.1. The Morgan fingerprint density at radius 2 is 1.85 bits per heavy atom. The molecule has 0 bridgehead atoms. The van der Waals surface area contributed by atoms with Crippen molar-refractivity contribution in [2.45, 2.75) is 33.0 Å². The van der Waals surface area contributed by atoms with E-state index in [1.54, 1.807) is 26.0 Å². The van der Waals surface area contributed by atoms with Crippen LogP contribution in [0.1, 0.15) is 31.7 Å². The highest BCUT2D eigenvalue weighted by atomic mass is 19.4. The molecule has 0 aliphatic carbocycles. The summed E-state index contributed by atoms with van der Waals surface area (Å²) in [5.74, 6) is -2.97. The molecule has 7 nitrogen and oxygen atoms in total. The smallest absolute Gasteiger partial charge is 0.329 e. The monoisotopic (exact) mass is 371 g/mol. The zero-order valence-corrected chi connectivity index (χ0v) is 14.0. The summed E-state index contributed by atoms with van der Waals surface area (Å²) in [5, 5.41) is 4.25. The van der Waals surface area contributed by atoms with E-state index in [1.807, 2.05) is 0 Å². The SMILES string of the molecule is CCON(Cc1ccc(-c2noc(C(F)(F)F)n2)cc1)C(=O)C(=O)CC. The van der Waals surface area contributed by atoms with Gasteiger partial charge >= 0.3 is 18.0 Å². The molecule has 0 saturated carbocycles. The van der Waals surface area contributed by atoms with Gasteiger partial charge < -0.3 is 4.52 Å². The van der Waals surface area contributed by atoms with Gasteiger partial charge in [0.05, 0.1) is 13.2 Å². The molecule has 140 valence electrons. The van der Waals surface area contributed by atoms with E-state index in [2.05, 4.69) is 14.7 Å². The molecular formula is C16H16F3N3O4. The first kappa shape index (κ1) is 19.6. The first-order valence-electron chi connectivity index (χ1n) is 7.74. The molecule has 0 atom stereocenters. The fourth-order valence-corrected chi connectivity index (χ4v) is 2.00. The lowest BCUT2D eigenvalue weighted by Gasteiger charge is -2.20. The molecule has 1 heterocycles. The van der Waals surface area contributed by atoms with Crippen LogP contribution in [0, 0.1) is 0 Å². The number of carbonyl (C=O) groups excluding carboxylic acids is 2. The molecule has 0 unspecified atom stereocenters. The number of aromatic nitrogens is 2. The molecule has 0 saturated heterocycles. The second-order valence-electron chi connectivity index (χ2n) is 5.15. The average molecular weight is 371 g/mol. The third-order valence-corrected chi connectivity index (χ3v) is 3.28. The molecule has 2 aromatic rings. The maximum Gasteiger partial charge on any atom is 0.471 e. The maximum absolute atomic E-state index is 12.5. The largest absolute Gasteiger partial charge is 0.471 e. The van der Waals surface area contributed by atoms with Crippen LogP contribution in [0.5, 0.6) is 0 Å². The molecule has 0 aliphatic rings. The number of rotatable bonds is 7. The fourth-order valence-electron chi connectivity index (χ4n) is 2.00. The summed E-state index contributed by atoms with van der Waals surface area (Å²) in [5.41, 5.74) is 0.922. The first-order chi connectivity index (χ1) is 12.3. The van der Waals surface area contributed by atoms with Crippen LogP contribution in [0.3, 0.4) is 0 Å². The van der Waals surface area contributed by atoms with Gasteiger partial charge in [-0.15, -0.1) is 0 Å². The van der Waals surface area contributed by atoms with Gasteiger partial charge in [-0.2, -0.15) is 18.2 Å². The zero-order chi connectivity index (χ0) is 19.3. The van der Waals surface area contributed by atoms with Gasteiger partial charge in [0.15, 0.2) is 0 Å². The Morgan fingerprint density at radius 1 is 1.19 bits per heavy atom. The summed E-state index contributed by atoms with van der Waals surface area (Å²) in [4.78, 5) is 32.0. The number of hydrogen-bond donors (Lipinski definition) is 0. The molecule has 0 fully saturated rings. The van der Waals surface area contributed by atoms with Crippen molar-refractivity contribution in [1.82, 2.24) is 15.2 Å². The van der Waals surface area contributed by atoms with Gasteiger partial charge in [0.25, 0.3) is 0 Å². The Morgan fingerprint density at radius 3 is 2.35 bits per heavy atom. The summed E-state index contributed by atoms with van der Waals surface area (Å²) >= 11 is 0. The zero-order valence-electron chi connectivity index (χ0n) is 14.0. The van der Waals surface area contributed by atoms with Gasteiger partial charge in [-0.05, 0) is 12.5 Å². The van der Waals surface area contributed by atoms with E-state index in [0.717, 1.165) is 5.06 Å². The number of alkyl halides is 3. The van der Waals surface area contributed by atoms with Crippen molar-refractivity contribution in [3.05, 3.63) is 35.7 Å². The maximum atomic E-state index is 12.5. The van der Waals surface area contributed by atoms with E-state index >= 15 is 0 Å². The summed E-state index contributed by atoms with van der Waals surface area (Å²) in [6, 6.07) is 6.09. The van der Waals surface area contributed by atoms with E-state index in [9.17, 15) is 22.8 Å². The third kappa shape index (κ3) is 4.66. The molecular weight excluding hydrogens is 355 g/mol. The number of nitrogens with zero attached hydrogens (tertiary/aromatic N) is 3. The van der Waals surface area contributed by atoms with Crippen molar-refractivity contribution in [3.8, 4) is 11.4 Å². The minimum absolute atomic E-state index is 0.0126. The molecule has 0 N–H and O–H groups in total. The van der Waals surface area contributed by atoms with Crippen molar-refractivity contribution >= 4 is 11.7 Å². The highest BCUT2D eigenvalue weighted by Gasteiger charge is 2.38. The highest BCUT2D eigenvalue weighted by Crippen LogP contribution is 2.29. The minimum atomic E-state index is -4.71. The lowest BCUT2D eigenvalue weighted by molar-refractivity contribution is -0.189. The summed E-state index contributed by atoms with van der Waals surface area (Å²) in [7, 11) is 0. The second-order valence-corrected chi connectivity index (χ2v) is 5.15. The van der Waals surface area contributed by atoms with Crippen LogP contribution < -0.4 is 0 Å². The molecule has 1 aromatic carbocycles. The van der Waals surface area contributed by atoms with Gasteiger partial charge in [0.2, 0.25) is 11.6 Å². The lowest BCUT2D eigenvalue weighted by Crippen LogP contribution is -2.35. The van der Waals surface area contributed by atoms with Crippen molar-refractivity contribution in [2.75, 3.05) is 6.61 Å². The molecule has 1 amide bonds. The first-order valence-corrected chi connectivity index (χ1v) is 7.74. The van der Waals surface area contributed by atoms with Crippen LogP contribution in [0.4, 0.5) is 13.2 Å². The number of carbonyl (C=O) groups is 2. The standard InChI is InChI=1S/C16H16F3N3O4/c1-3-12(23)14(24)22(25-4-2)9-10-5-7-11(8-6-10)13-20-15(26-21-13)16(17,18)19/h5-8H,3-4,9H2,1-2H3. The topological polar surface area (TPSA) is 85.5 Å². The van der Waals surface area contributed by atoms with Gasteiger partial charge in [-0.3, -0.25) is 14.4 Å². The van der Waals surface area contributed by atoms with Crippen LogP contribution in [-0.4, -0.2) is 33.5 Å². The van der Waals surface area contributed by atoms with Crippen LogP contribution in [0.25, 0.3) is 11.4 Å². The van der Waals surface area contributed by atoms with Crippen LogP contribution in [0.15, 0.2) is 28.8 Å². The normalized spacial score (nSPS) is 11.4. The molecule has 0 radical (unpaired) electrons. The average Bonchev–Trinajstić information content (AvgIpc) is 3.11. The number of halogens is 3. The van der Waals surface area contributed by atoms with Gasteiger partial charge in [0, 0.05) is 12.0 Å². The van der Waals surface area contributed by atoms with E-state index < -0.39 is 23.8 Å². The third-order valence-electron chi connectivity index (χ3n) is 3.28. The van der Waals surface area contributed by atoms with Crippen molar-refractivity contribution < 1.29 is 32.1 Å². The van der Waals surface area contributed by atoms with E-state index in [4.69, 9.17) is 4.84 Å². The van der Waals surface area contributed by atoms with Crippen molar-refractivity contribution in [1.29, 1.82) is 0 Å². The molecule has 26 heavy (non-hydrogen) atoms. The minimum Gasteiger partial charge on any atom is -0.329 e. The summed E-state index contributed by atoms with van der Waals surface area (Å²) < 4.78 is 41.7. The molecule has 10 heteroatoms. The number of amides is 1. The molecule has 0 aliphatic heterocycles. The summed E-state index contributed by atoms with van der Waals surface area (Å²) in [6.07, 6.45) is -4.66.